The molecule has 2 nitrogen and oxygen atoms in total. The highest BCUT2D eigenvalue weighted by molar-refractivity contribution is 9.10. The lowest BCUT2D eigenvalue weighted by atomic mass is 10.2. The highest BCUT2D eigenvalue weighted by Gasteiger charge is 2.15. The van der Waals surface area contributed by atoms with Crippen LogP contribution in [0.1, 0.15) is 25.3 Å². The third-order valence-corrected chi connectivity index (χ3v) is 4.91. The van der Waals surface area contributed by atoms with Crippen molar-refractivity contribution in [1.29, 1.82) is 0 Å². The van der Waals surface area contributed by atoms with Crippen LogP contribution >= 0.6 is 27.7 Å². The number of hydrogen-bond donors (Lipinski definition) is 1. The van der Waals surface area contributed by atoms with Crippen molar-refractivity contribution in [3.8, 4) is 0 Å². The molecule has 1 aromatic rings. The summed E-state index contributed by atoms with van der Waals surface area (Å²) < 4.78 is 6.83. The number of rotatable bonds is 6. The van der Waals surface area contributed by atoms with E-state index in [0.29, 0.717) is 6.10 Å². The largest absolute Gasteiger partial charge is 0.377 e. The van der Waals surface area contributed by atoms with Crippen LogP contribution in [0, 0.1) is 0 Å². The first-order valence-corrected chi connectivity index (χ1v) is 8.31. The van der Waals surface area contributed by atoms with Crippen LogP contribution in [0.2, 0.25) is 0 Å². The van der Waals surface area contributed by atoms with Crippen LogP contribution in [0.15, 0.2) is 27.6 Å². The summed E-state index contributed by atoms with van der Waals surface area (Å²) in [6.45, 7) is 4.99. The summed E-state index contributed by atoms with van der Waals surface area (Å²) >= 11 is 5.54. The molecular formula is C14H20BrNOS. The van der Waals surface area contributed by atoms with E-state index >= 15 is 0 Å². The van der Waals surface area contributed by atoms with Gasteiger partial charge in [-0.2, -0.15) is 0 Å². The highest BCUT2D eigenvalue weighted by Crippen LogP contribution is 2.28. The minimum atomic E-state index is 0.454. The summed E-state index contributed by atoms with van der Waals surface area (Å²) in [7, 11) is 0. The molecule has 1 aromatic carbocycles. The average Bonchev–Trinajstić information content (AvgIpc) is 2.88. The van der Waals surface area contributed by atoms with Gasteiger partial charge in [-0.15, -0.1) is 11.8 Å². The Bertz CT molecular complexity index is 380. The van der Waals surface area contributed by atoms with Crippen molar-refractivity contribution in [3.63, 3.8) is 0 Å². The first-order valence-electron chi connectivity index (χ1n) is 6.53. The second-order valence-corrected chi connectivity index (χ2v) is 6.43. The molecule has 2 rings (SSSR count). The Balaban J connectivity index is 1.87. The van der Waals surface area contributed by atoms with Crippen LogP contribution in [0.25, 0.3) is 0 Å². The summed E-state index contributed by atoms with van der Waals surface area (Å²) in [5.74, 6) is 1.07. The zero-order chi connectivity index (χ0) is 12.8. The Morgan fingerprint density at radius 2 is 2.39 bits per heavy atom. The number of hydrogen-bond acceptors (Lipinski definition) is 3. The van der Waals surface area contributed by atoms with Gasteiger partial charge >= 0.3 is 0 Å². The topological polar surface area (TPSA) is 21.3 Å². The molecule has 18 heavy (non-hydrogen) atoms. The molecule has 1 heterocycles. The number of halogens is 1. The quantitative estimate of drug-likeness (QED) is 0.801. The normalized spacial score (nSPS) is 19.3. The summed E-state index contributed by atoms with van der Waals surface area (Å²) in [6, 6.07) is 6.62. The van der Waals surface area contributed by atoms with Gasteiger partial charge in [-0.1, -0.05) is 28.9 Å². The van der Waals surface area contributed by atoms with E-state index in [9.17, 15) is 0 Å². The molecule has 0 aromatic heterocycles. The van der Waals surface area contributed by atoms with E-state index in [4.69, 9.17) is 4.74 Å². The minimum Gasteiger partial charge on any atom is -0.377 e. The summed E-state index contributed by atoms with van der Waals surface area (Å²) in [5, 5.41) is 3.34. The van der Waals surface area contributed by atoms with E-state index in [2.05, 4.69) is 46.4 Å². The van der Waals surface area contributed by atoms with Crippen molar-refractivity contribution in [2.75, 3.05) is 18.9 Å². The maximum absolute atomic E-state index is 5.64. The molecular weight excluding hydrogens is 310 g/mol. The van der Waals surface area contributed by atoms with E-state index in [1.807, 2.05) is 11.8 Å². The van der Waals surface area contributed by atoms with Gasteiger partial charge in [-0.25, -0.2) is 0 Å². The van der Waals surface area contributed by atoms with Crippen molar-refractivity contribution >= 4 is 27.7 Å². The monoisotopic (exact) mass is 329 g/mol. The average molecular weight is 330 g/mol. The Labute approximate surface area is 122 Å². The van der Waals surface area contributed by atoms with Gasteiger partial charge in [0, 0.05) is 28.3 Å². The SMILES string of the molecule is CCNCc1ccc(SCC2CCCO2)cc1Br. The number of ether oxygens (including phenoxy) is 1. The molecule has 100 valence electrons. The smallest absolute Gasteiger partial charge is 0.0669 e. The van der Waals surface area contributed by atoms with Gasteiger partial charge in [-0.05, 0) is 37.1 Å². The molecule has 1 aliphatic rings. The molecule has 0 spiro atoms. The second kappa shape index (κ2) is 7.53. The molecule has 1 aliphatic heterocycles. The van der Waals surface area contributed by atoms with E-state index in [-0.39, 0.29) is 0 Å². The molecule has 0 bridgehead atoms. The predicted octanol–water partition coefficient (Wildman–Crippen LogP) is 3.83. The van der Waals surface area contributed by atoms with Crippen LogP contribution in [0.3, 0.4) is 0 Å². The lowest BCUT2D eigenvalue weighted by Crippen LogP contribution is -2.12. The van der Waals surface area contributed by atoms with Gasteiger partial charge < -0.3 is 10.1 Å². The summed E-state index contributed by atoms with van der Waals surface area (Å²) in [5.41, 5.74) is 1.32. The van der Waals surface area contributed by atoms with Crippen molar-refractivity contribution < 1.29 is 4.74 Å². The van der Waals surface area contributed by atoms with Crippen LogP contribution in [0.4, 0.5) is 0 Å². The summed E-state index contributed by atoms with van der Waals surface area (Å²) in [6.07, 6.45) is 2.89. The third kappa shape index (κ3) is 4.26. The molecule has 1 unspecified atom stereocenters. The maximum atomic E-state index is 5.64. The molecule has 0 aliphatic carbocycles. The van der Waals surface area contributed by atoms with E-state index in [0.717, 1.165) is 25.4 Å². The molecule has 1 N–H and O–H groups in total. The molecule has 4 heteroatoms. The lowest BCUT2D eigenvalue weighted by Gasteiger charge is -2.10. The molecule has 0 radical (unpaired) electrons. The fourth-order valence-corrected chi connectivity index (χ4v) is 3.66. The van der Waals surface area contributed by atoms with Crippen molar-refractivity contribution in [1.82, 2.24) is 5.32 Å². The zero-order valence-corrected chi connectivity index (χ0v) is 13.1. The van der Waals surface area contributed by atoms with Gasteiger partial charge in [0.2, 0.25) is 0 Å². The number of nitrogens with one attached hydrogen (secondary N) is 1. The Hall–Kier alpha value is -0.0300. The standard InChI is InChI=1S/C14H20BrNOS/c1-2-16-9-11-5-6-13(8-14(11)15)18-10-12-4-3-7-17-12/h5-6,8,12,16H,2-4,7,9-10H2,1H3. The van der Waals surface area contributed by atoms with Gasteiger partial charge in [0.05, 0.1) is 6.10 Å². The third-order valence-electron chi connectivity index (χ3n) is 3.05. The van der Waals surface area contributed by atoms with Gasteiger partial charge in [-0.3, -0.25) is 0 Å². The number of thioether (sulfide) groups is 1. The molecule has 0 saturated carbocycles. The van der Waals surface area contributed by atoms with Crippen LogP contribution < -0.4 is 5.32 Å². The zero-order valence-electron chi connectivity index (χ0n) is 10.7. The van der Waals surface area contributed by atoms with E-state index in [1.165, 1.54) is 27.8 Å². The minimum absolute atomic E-state index is 0.454. The molecule has 1 atom stereocenters. The Kier molecular flexibility index (Phi) is 6.02. The maximum Gasteiger partial charge on any atom is 0.0669 e. The van der Waals surface area contributed by atoms with E-state index in [1.54, 1.807) is 0 Å². The number of benzene rings is 1. The molecule has 1 fully saturated rings. The Morgan fingerprint density at radius 1 is 1.50 bits per heavy atom. The fraction of sp³-hybridized carbons (Fsp3) is 0.571. The van der Waals surface area contributed by atoms with Crippen molar-refractivity contribution in [2.24, 2.45) is 0 Å². The lowest BCUT2D eigenvalue weighted by molar-refractivity contribution is 0.129. The fourth-order valence-electron chi connectivity index (χ4n) is 1.99. The van der Waals surface area contributed by atoms with Gasteiger partial charge in [0.25, 0.3) is 0 Å². The first-order chi connectivity index (χ1) is 8.79. The van der Waals surface area contributed by atoms with Crippen molar-refractivity contribution in [2.45, 2.75) is 37.3 Å². The van der Waals surface area contributed by atoms with Crippen LogP contribution in [-0.4, -0.2) is 25.0 Å². The van der Waals surface area contributed by atoms with Gasteiger partial charge in [0.15, 0.2) is 0 Å². The summed E-state index contributed by atoms with van der Waals surface area (Å²) in [4.78, 5) is 1.32. The molecule has 0 amide bonds. The van der Waals surface area contributed by atoms with Crippen LogP contribution in [0.5, 0.6) is 0 Å². The van der Waals surface area contributed by atoms with Crippen molar-refractivity contribution in [3.05, 3.63) is 28.2 Å². The predicted molar refractivity (Wildman–Crippen MR) is 81.2 cm³/mol. The highest BCUT2D eigenvalue weighted by atomic mass is 79.9. The van der Waals surface area contributed by atoms with Gasteiger partial charge in [0.1, 0.15) is 0 Å². The van der Waals surface area contributed by atoms with E-state index < -0.39 is 0 Å². The van der Waals surface area contributed by atoms with Crippen LogP contribution in [-0.2, 0) is 11.3 Å². The second-order valence-electron chi connectivity index (χ2n) is 4.48. The Morgan fingerprint density at radius 3 is 3.06 bits per heavy atom. The molecule has 1 saturated heterocycles. The first kappa shape index (κ1) is 14.4.